The van der Waals surface area contributed by atoms with Crippen LogP contribution in [-0.2, 0) is 0 Å². The molecule has 0 aliphatic carbocycles. The maximum Gasteiger partial charge on any atom is 0.345 e. The van der Waals surface area contributed by atoms with Gasteiger partial charge in [-0.1, -0.05) is 35.3 Å². The van der Waals surface area contributed by atoms with E-state index in [0.29, 0.717) is 14.9 Å². The van der Waals surface area contributed by atoms with Crippen LogP contribution in [0.1, 0.15) is 9.67 Å². The summed E-state index contributed by atoms with van der Waals surface area (Å²) in [5, 5.41) is 11.4. The molecular weight excluding hydrogens is 267 g/mol. The van der Waals surface area contributed by atoms with Crippen molar-refractivity contribution in [2.24, 2.45) is 0 Å². The highest BCUT2D eigenvalue weighted by Gasteiger charge is 1.99. The van der Waals surface area contributed by atoms with Crippen LogP contribution in [0.2, 0.25) is 10.0 Å². The summed E-state index contributed by atoms with van der Waals surface area (Å²) in [6.07, 6.45) is 0. The first-order valence-corrected chi connectivity index (χ1v) is 5.91. The average Bonchev–Trinajstić information content (AvgIpc) is 2.70. The molecule has 0 unspecified atom stereocenters. The highest BCUT2D eigenvalue weighted by Crippen LogP contribution is 2.14. The summed E-state index contributed by atoms with van der Waals surface area (Å²) in [7, 11) is 0. The number of hydrogen-bond acceptors (Lipinski definition) is 2. The molecule has 1 aromatic heterocycles. The summed E-state index contributed by atoms with van der Waals surface area (Å²) in [6, 6.07) is 10.4. The molecule has 1 heterocycles. The molecule has 0 amide bonds. The van der Waals surface area contributed by atoms with Crippen molar-refractivity contribution in [3.05, 3.63) is 56.7 Å². The number of rotatable bonds is 1. The van der Waals surface area contributed by atoms with Gasteiger partial charge in [0.15, 0.2) is 0 Å². The van der Waals surface area contributed by atoms with Gasteiger partial charge >= 0.3 is 5.97 Å². The Kier molecular flexibility index (Phi) is 5.32. The topological polar surface area (TPSA) is 37.3 Å². The van der Waals surface area contributed by atoms with Gasteiger partial charge in [-0.2, -0.15) is 0 Å². The zero-order chi connectivity index (χ0) is 12.0. The number of halogens is 2. The zero-order valence-electron chi connectivity index (χ0n) is 8.06. The summed E-state index contributed by atoms with van der Waals surface area (Å²) < 4.78 is 0. The number of carboxylic acids is 1. The molecule has 5 heteroatoms. The van der Waals surface area contributed by atoms with Crippen molar-refractivity contribution in [2.45, 2.75) is 0 Å². The van der Waals surface area contributed by atoms with E-state index in [2.05, 4.69) is 0 Å². The molecule has 2 aromatic rings. The van der Waals surface area contributed by atoms with Crippen molar-refractivity contribution in [3.63, 3.8) is 0 Å². The van der Waals surface area contributed by atoms with Crippen LogP contribution in [0.25, 0.3) is 0 Å². The van der Waals surface area contributed by atoms with Crippen molar-refractivity contribution in [1.82, 2.24) is 0 Å². The van der Waals surface area contributed by atoms with E-state index in [1.165, 1.54) is 11.3 Å². The van der Waals surface area contributed by atoms with E-state index in [4.69, 9.17) is 28.3 Å². The third-order valence-electron chi connectivity index (χ3n) is 1.52. The van der Waals surface area contributed by atoms with Crippen LogP contribution in [0.3, 0.4) is 0 Å². The molecule has 0 aliphatic rings. The smallest absolute Gasteiger partial charge is 0.345 e. The summed E-state index contributed by atoms with van der Waals surface area (Å²) in [6.45, 7) is 0. The number of carboxylic acid groups (broad SMARTS) is 1. The summed E-state index contributed by atoms with van der Waals surface area (Å²) in [5.41, 5.74) is 0. The third-order valence-corrected chi connectivity index (χ3v) is 2.85. The van der Waals surface area contributed by atoms with E-state index in [-0.39, 0.29) is 0 Å². The normalized spacial score (nSPS) is 9.12. The molecule has 1 N–H and O–H groups in total. The second-order valence-corrected chi connectivity index (χ2v) is 4.54. The first-order valence-electron chi connectivity index (χ1n) is 4.27. The van der Waals surface area contributed by atoms with Gasteiger partial charge in [0, 0.05) is 10.0 Å². The first-order chi connectivity index (χ1) is 7.59. The molecule has 0 atom stereocenters. The minimum Gasteiger partial charge on any atom is -0.477 e. The van der Waals surface area contributed by atoms with Crippen LogP contribution in [-0.4, -0.2) is 11.1 Å². The predicted molar refractivity (Wildman–Crippen MR) is 67.7 cm³/mol. The second kappa shape index (κ2) is 6.53. The molecule has 0 radical (unpaired) electrons. The van der Waals surface area contributed by atoms with Crippen molar-refractivity contribution in [3.8, 4) is 0 Å². The Labute approximate surface area is 107 Å². The van der Waals surface area contributed by atoms with Crippen LogP contribution in [0.4, 0.5) is 0 Å². The Hall–Kier alpha value is -1.03. The van der Waals surface area contributed by atoms with Gasteiger partial charge in [0.25, 0.3) is 0 Å². The number of benzene rings is 1. The van der Waals surface area contributed by atoms with Gasteiger partial charge in [-0.3, -0.25) is 0 Å². The Bertz CT molecular complexity index is 438. The summed E-state index contributed by atoms with van der Waals surface area (Å²) >= 11 is 12.4. The molecule has 0 spiro atoms. The Morgan fingerprint density at radius 1 is 1.12 bits per heavy atom. The SMILES string of the molecule is Clc1cccc(Cl)c1.O=C(O)c1cccs1. The van der Waals surface area contributed by atoms with Crippen LogP contribution in [0.5, 0.6) is 0 Å². The van der Waals surface area contributed by atoms with Crippen molar-refractivity contribution < 1.29 is 9.90 Å². The summed E-state index contributed by atoms with van der Waals surface area (Å²) in [5.74, 6) is -0.847. The van der Waals surface area contributed by atoms with Crippen molar-refractivity contribution in [2.75, 3.05) is 0 Å². The molecule has 2 rings (SSSR count). The second-order valence-electron chi connectivity index (χ2n) is 2.72. The van der Waals surface area contributed by atoms with E-state index >= 15 is 0 Å². The van der Waals surface area contributed by atoms with E-state index in [9.17, 15) is 4.79 Å². The lowest BCUT2D eigenvalue weighted by molar-refractivity contribution is 0.0702. The van der Waals surface area contributed by atoms with Gasteiger partial charge in [0.1, 0.15) is 4.88 Å². The van der Waals surface area contributed by atoms with E-state index in [1.54, 1.807) is 35.7 Å². The van der Waals surface area contributed by atoms with Crippen LogP contribution in [0, 0.1) is 0 Å². The molecule has 16 heavy (non-hydrogen) atoms. The first kappa shape index (κ1) is 13.0. The molecular formula is C11H8Cl2O2S. The van der Waals surface area contributed by atoms with Gasteiger partial charge in [-0.15, -0.1) is 11.3 Å². The minimum absolute atomic E-state index is 0.394. The fourth-order valence-corrected chi connectivity index (χ4v) is 1.86. The highest BCUT2D eigenvalue weighted by molar-refractivity contribution is 7.11. The fourth-order valence-electron chi connectivity index (χ4n) is 0.860. The van der Waals surface area contributed by atoms with E-state index in [1.807, 2.05) is 6.07 Å². The Morgan fingerprint density at radius 2 is 1.75 bits per heavy atom. The van der Waals surface area contributed by atoms with Crippen LogP contribution >= 0.6 is 34.5 Å². The van der Waals surface area contributed by atoms with Crippen LogP contribution in [0.15, 0.2) is 41.8 Å². The standard InChI is InChI=1S/C6H4Cl2.C5H4O2S/c7-5-2-1-3-6(8)4-5;6-5(7)4-2-1-3-8-4/h1-4H;1-3H,(H,6,7). The summed E-state index contributed by atoms with van der Waals surface area (Å²) in [4.78, 5) is 10.5. The van der Waals surface area contributed by atoms with E-state index in [0.717, 1.165) is 0 Å². The van der Waals surface area contributed by atoms with Gasteiger partial charge in [0.05, 0.1) is 0 Å². The van der Waals surface area contributed by atoms with Gasteiger partial charge in [0.2, 0.25) is 0 Å². The fraction of sp³-hybridized carbons (Fsp3) is 0. The molecule has 0 bridgehead atoms. The number of carbonyl (C=O) groups is 1. The molecule has 0 saturated heterocycles. The van der Waals surface area contributed by atoms with Gasteiger partial charge in [-0.25, -0.2) is 4.79 Å². The predicted octanol–water partition coefficient (Wildman–Crippen LogP) is 4.44. The molecule has 0 aliphatic heterocycles. The Balaban J connectivity index is 0.000000160. The molecule has 0 fully saturated rings. The maximum absolute atomic E-state index is 10.1. The quantitative estimate of drug-likeness (QED) is 0.835. The van der Waals surface area contributed by atoms with Gasteiger partial charge < -0.3 is 5.11 Å². The number of hydrogen-bond donors (Lipinski definition) is 1. The highest BCUT2D eigenvalue weighted by atomic mass is 35.5. The molecule has 84 valence electrons. The van der Waals surface area contributed by atoms with Crippen molar-refractivity contribution >= 4 is 40.5 Å². The minimum atomic E-state index is -0.847. The number of aromatic carboxylic acids is 1. The lowest BCUT2D eigenvalue weighted by Crippen LogP contribution is -1.89. The molecule has 0 saturated carbocycles. The monoisotopic (exact) mass is 274 g/mol. The lowest BCUT2D eigenvalue weighted by atomic mass is 10.4. The largest absolute Gasteiger partial charge is 0.477 e. The maximum atomic E-state index is 10.1. The van der Waals surface area contributed by atoms with Gasteiger partial charge in [-0.05, 0) is 29.6 Å². The number of thiophene rings is 1. The molecule has 1 aromatic carbocycles. The average molecular weight is 275 g/mol. The zero-order valence-corrected chi connectivity index (χ0v) is 10.4. The van der Waals surface area contributed by atoms with Crippen LogP contribution < -0.4 is 0 Å². The lowest BCUT2D eigenvalue weighted by Gasteiger charge is -1.86. The van der Waals surface area contributed by atoms with E-state index < -0.39 is 5.97 Å². The van der Waals surface area contributed by atoms with Crippen molar-refractivity contribution in [1.29, 1.82) is 0 Å². The molecule has 2 nitrogen and oxygen atoms in total. The Morgan fingerprint density at radius 3 is 2.00 bits per heavy atom. The third kappa shape index (κ3) is 4.66.